The lowest BCUT2D eigenvalue weighted by atomic mass is 9.89. The molecule has 2 aromatic rings. The summed E-state index contributed by atoms with van der Waals surface area (Å²) in [5, 5.41) is 7.16. The summed E-state index contributed by atoms with van der Waals surface area (Å²) in [6, 6.07) is 2.32. The average molecular weight is 331 g/mol. The van der Waals surface area contributed by atoms with Gasteiger partial charge in [-0.2, -0.15) is 5.10 Å². The van der Waals surface area contributed by atoms with Crippen LogP contribution < -0.4 is 5.32 Å². The van der Waals surface area contributed by atoms with Gasteiger partial charge in [-0.1, -0.05) is 0 Å². The molecule has 2 bridgehead atoms. The number of nitrogens with one attached hydrogen (secondary N) is 1. The molecule has 2 aromatic heterocycles. The number of amides is 2. The zero-order valence-electron chi connectivity index (χ0n) is 13.8. The number of carbonyl (C=O) groups excluding carboxylic acids is 1. The minimum absolute atomic E-state index is 0.0691. The fourth-order valence-electron chi connectivity index (χ4n) is 4.32. The highest BCUT2D eigenvalue weighted by Gasteiger charge is 2.43. The maximum absolute atomic E-state index is 12.9. The summed E-state index contributed by atoms with van der Waals surface area (Å²) in [5.41, 5.74) is 2.33. The molecule has 2 amide bonds. The maximum Gasteiger partial charge on any atom is 0.322 e. The van der Waals surface area contributed by atoms with Crippen LogP contribution in [-0.4, -0.2) is 44.3 Å². The lowest BCUT2D eigenvalue weighted by Gasteiger charge is -2.38. The molecule has 4 rings (SSSR count). The van der Waals surface area contributed by atoms with Crippen LogP contribution in [0.15, 0.2) is 18.6 Å². The minimum atomic E-state index is -0.260. The fraction of sp³-hybridized carbons (Fsp3) is 0.588. The SMILES string of the molecule is Cc1ccn2ncnc2c1NC(=O)N1C2CCC1CC(CCF)C2. The van der Waals surface area contributed by atoms with Crippen LogP contribution in [0.5, 0.6) is 0 Å². The van der Waals surface area contributed by atoms with E-state index in [-0.39, 0.29) is 24.8 Å². The van der Waals surface area contributed by atoms with Crippen molar-refractivity contribution >= 4 is 17.4 Å². The average Bonchev–Trinajstić information content (AvgIpc) is 3.13. The highest BCUT2D eigenvalue weighted by molar-refractivity contribution is 5.94. The molecular weight excluding hydrogens is 309 g/mol. The lowest BCUT2D eigenvalue weighted by molar-refractivity contribution is 0.125. The van der Waals surface area contributed by atoms with Gasteiger partial charge < -0.3 is 10.2 Å². The molecular formula is C17H22FN5O. The maximum atomic E-state index is 12.9. The molecule has 0 spiro atoms. The number of piperidine rings is 1. The largest absolute Gasteiger partial charge is 0.322 e. The third kappa shape index (κ3) is 2.52. The summed E-state index contributed by atoms with van der Waals surface area (Å²) in [4.78, 5) is 19.1. The van der Waals surface area contributed by atoms with Crippen molar-refractivity contribution < 1.29 is 9.18 Å². The monoisotopic (exact) mass is 331 g/mol. The standard InChI is InChI=1S/C17H22FN5O/c1-11-5-7-22-16(19-10-20-22)15(11)21-17(24)23-13-2-3-14(23)9-12(8-13)4-6-18/h5,7,10,12-14H,2-4,6,8-9H2,1H3,(H,21,24). The quantitative estimate of drug-likeness (QED) is 0.939. The van der Waals surface area contributed by atoms with Gasteiger partial charge in [0.15, 0.2) is 5.65 Å². The molecule has 2 aliphatic heterocycles. The number of hydrogen-bond acceptors (Lipinski definition) is 3. The second kappa shape index (κ2) is 6.03. The van der Waals surface area contributed by atoms with E-state index in [1.165, 1.54) is 6.33 Å². The molecule has 2 atom stereocenters. The number of nitrogens with zero attached hydrogens (tertiary/aromatic N) is 4. The van der Waals surface area contributed by atoms with Gasteiger partial charge in [-0.3, -0.25) is 4.39 Å². The topological polar surface area (TPSA) is 62.5 Å². The molecule has 7 heteroatoms. The van der Waals surface area contributed by atoms with Crippen LogP contribution in [0.25, 0.3) is 5.65 Å². The summed E-state index contributed by atoms with van der Waals surface area (Å²) in [6.45, 7) is 1.69. The predicted octanol–water partition coefficient (Wildman–Crippen LogP) is 3.17. The highest BCUT2D eigenvalue weighted by atomic mass is 19.1. The highest BCUT2D eigenvalue weighted by Crippen LogP contribution is 2.40. The predicted molar refractivity (Wildman–Crippen MR) is 88.7 cm³/mol. The Hall–Kier alpha value is -2.18. The van der Waals surface area contributed by atoms with Crippen molar-refractivity contribution in [3.05, 3.63) is 24.2 Å². The lowest BCUT2D eigenvalue weighted by Crippen LogP contribution is -2.48. The molecule has 0 aliphatic carbocycles. The van der Waals surface area contributed by atoms with Crippen LogP contribution >= 0.6 is 0 Å². The van der Waals surface area contributed by atoms with Crippen molar-refractivity contribution in [3.63, 3.8) is 0 Å². The number of halogens is 1. The van der Waals surface area contributed by atoms with Gasteiger partial charge in [-0.15, -0.1) is 0 Å². The van der Waals surface area contributed by atoms with E-state index in [0.717, 1.165) is 31.2 Å². The molecule has 128 valence electrons. The molecule has 2 aliphatic rings. The van der Waals surface area contributed by atoms with E-state index in [4.69, 9.17) is 0 Å². The van der Waals surface area contributed by atoms with Crippen LogP contribution in [0.4, 0.5) is 14.9 Å². The van der Waals surface area contributed by atoms with Gasteiger partial charge in [0.25, 0.3) is 0 Å². The zero-order chi connectivity index (χ0) is 16.7. The normalized spacial score (nSPS) is 26.1. The molecule has 0 aromatic carbocycles. The minimum Gasteiger partial charge on any atom is -0.319 e. The van der Waals surface area contributed by atoms with Gasteiger partial charge in [0.1, 0.15) is 6.33 Å². The molecule has 6 nitrogen and oxygen atoms in total. The smallest absolute Gasteiger partial charge is 0.319 e. The summed E-state index contributed by atoms with van der Waals surface area (Å²) in [5.74, 6) is 0.415. The number of rotatable bonds is 3. The van der Waals surface area contributed by atoms with E-state index in [2.05, 4.69) is 15.4 Å². The van der Waals surface area contributed by atoms with Crippen LogP contribution in [-0.2, 0) is 0 Å². The molecule has 2 saturated heterocycles. The zero-order valence-corrected chi connectivity index (χ0v) is 13.8. The van der Waals surface area contributed by atoms with E-state index >= 15 is 0 Å². The molecule has 0 saturated carbocycles. The molecule has 24 heavy (non-hydrogen) atoms. The van der Waals surface area contributed by atoms with Gasteiger partial charge in [-0.05, 0) is 56.6 Å². The Balaban J connectivity index is 1.55. The molecule has 1 N–H and O–H groups in total. The Kier molecular flexibility index (Phi) is 3.86. The van der Waals surface area contributed by atoms with Crippen LogP contribution in [0.3, 0.4) is 0 Å². The number of carbonyl (C=O) groups is 1. The number of aryl methyl sites for hydroxylation is 1. The van der Waals surface area contributed by atoms with E-state index in [1.807, 2.05) is 24.1 Å². The number of fused-ring (bicyclic) bond motifs is 3. The third-order valence-electron chi connectivity index (χ3n) is 5.47. The summed E-state index contributed by atoms with van der Waals surface area (Å²) >= 11 is 0. The van der Waals surface area contributed by atoms with Crippen molar-refractivity contribution in [3.8, 4) is 0 Å². The van der Waals surface area contributed by atoms with Crippen molar-refractivity contribution in [2.24, 2.45) is 5.92 Å². The van der Waals surface area contributed by atoms with Crippen molar-refractivity contribution in [2.75, 3.05) is 12.0 Å². The first-order valence-electron chi connectivity index (χ1n) is 8.61. The summed E-state index contributed by atoms with van der Waals surface area (Å²) in [7, 11) is 0. The first-order chi connectivity index (χ1) is 11.7. The van der Waals surface area contributed by atoms with Gasteiger partial charge in [0.05, 0.1) is 12.4 Å². The van der Waals surface area contributed by atoms with E-state index < -0.39 is 0 Å². The van der Waals surface area contributed by atoms with Crippen molar-refractivity contribution in [1.82, 2.24) is 19.5 Å². The Morgan fingerprint density at radius 2 is 2.12 bits per heavy atom. The summed E-state index contributed by atoms with van der Waals surface area (Å²) < 4.78 is 14.3. The van der Waals surface area contributed by atoms with Gasteiger partial charge in [-0.25, -0.2) is 14.3 Å². The second-order valence-corrected chi connectivity index (χ2v) is 6.94. The number of hydrogen-bond donors (Lipinski definition) is 1. The first-order valence-corrected chi connectivity index (χ1v) is 8.61. The Morgan fingerprint density at radius 3 is 2.83 bits per heavy atom. The van der Waals surface area contributed by atoms with E-state index in [0.29, 0.717) is 23.7 Å². The number of aromatic nitrogens is 3. The number of urea groups is 1. The third-order valence-corrected chi connectivity index (χ3v) is 5.47. The molecule has 4 heterocycles. The molecule has 2 fully saturated rings. The van der Waals surface area contributed by atoms with Gasteiger partial charge in [0, 0.05) is 18.3 Å². The molecule has 0 radical (unpaired) electrons. The van der Waals surface area contributed by atoms with Crippen molar-refractivity contribution in [1.29, 1.82) is 0 Å². The number of pyridine rings is 1. The van der Waals surface area contributed by atoms with Crippen LogP contribution in [0.1, 0.15) is 37.7 Å². The van der Waals surface area contributed by atoms with E-state index in [1.54, 1.807) is 4.52 Å². The van der Waals surface area contributed by atoms with Crippen molar-refractivity contribution in [2.45, 2.75) is 51.1 Å². The number of alkyl halides is 1. The Labute approximate surface area is 140 Å². The Morgan fingerprint density at radius 1 is 1.38 bits per heavy atom. The fourth-order valence-corrected chi connectivity index (χ4v) is 4.32. The molecule has 2 unspecified atom stereocenters. The second-order valence-electron chi connectivity index (χ2n) is 6.94. The van der Waals surface area contributed by atoms with Crippen LogP contribution in [0, 0.1) is 12.8 Å². The van der Waals surface area contributed by atoms with Gasteiger partial charge in [0.2, 0.25) is 0 Å². The first kappa shape index (κ1) is 15.4. The Bertz CT molecular complexity index is 747. The summed E-state index contributed by atoms with van der Waals surface area (Å²) in [6.07, 6.45) is 7.82. The van der Waals surface area contributed by atoms with Gasteiger partial charge >= 0.3 is 6.03 Å². The van der Waals surface area contributed by atoms with Crippen LogP contribution in [0.2, 0.25) is 0 Å². The number of anilines is 1. The van der Waals surface area contributed by atoms with E-state index in [9.17, 15) is 9.18 Å².